The van der Waals surface area contributed by atoms with Crippen molar-refractivity contribution in [2.75, 3.05) is 33.5 Å². The second-order valence-corrected chi connectivity index (χ2v) is 4.78. The molecule has 0 aliphatic rings. The van der Waals surface area contributed by atoms with Gasteiger partial charge in [0.2, 0.25) is 5.91 Å². The van der Waals surface area contributed by atoms with Crippen molar-refractivity contribution in [2.45, 2.75) is 20.3 Å². The zero-order valence-electron chi connectivity index (χ0n) is 12.0. The van der Waals surface area contributed by atoms with E-state index in [4.69, 9.17) is 14.6 Å². The van der Waals surface area contributed by atoms with Gasteiger partial charge in [0.1, 0.15) is 0 Å². The minimum absolute atomic E-state index is 0.241. The molecular formula is C12H22N2O6. The van der Waals surface area contributed by atoms with Gasteiger partial charge in [0.05, 0.1) is 25.2 Å². The SMILES string of the molecule is COCCOCCNC(=O)NC(=O)CC(C)(C)C(=O)O. The number of amides is 3. The van der Waals surface area contributed by atoms with Crippen LogP contribution in [0.15, 0.2) is 0 Å². The molecule has 0 bridgehead atoms. The van der Waals surface area contributed by atoms with Crippen molar-refractivity contribution in [3.05, 3.63) is 0 Å². The quantitative estimate of drug-likeness (QED) is 0.514. The van der Waals surface area contributed by atoms with Crippen LogP contribution in [0.2, 0.25) is 0 Å². The first-order valence-corrected chi connectivity index (χ1v) is 6.17. The lowest BCUT2D eigenvalue weighted by molar-refractivity contribution is -0.149. The summed E-state index contributed by atoms with van der Waals surface area (Å²) in [6, 6.07) is -0.675. The zero-order valence-corrected chi connectivity index (χ0v) is 12.0. The topological polar surface area (TPSA) is 114 Å². The van der Waals surface area contributed by atoms with E-state index >= 15 is 0 Å². The van der Waals surface area contributed by atoms with Gasteiger partial charge in [-0.2, -0.15) is 0 Å². The van der Waals surface area contributed by atoms with Crippen molar-refractivity contribution in [3.63, 3.8) is 0 Å². The first-order valence-electron chi connectivity index (χ1n) is 6.17. The Balaban J connectivity index is 3.81. The van der Waals surface area contributed by atoms with Gasteiger partial charge >= 0.3 is 12.0 Å². The average Bonchev–Trinajstić information content (AvgIpc) is 2.32. The molecule has 0 aliphatic heterocycles. The maximum Gasteiger partial charge on any atom is 0.321 e. The van der Waals surface area contributed by atoms with Gasteiger partial charge in [-0.25, -0.2) is 4.79 Å². The summed E-state index contributed by atoms with van der Waals surface area (Å²) in [4.78, 5) is 33.6. The lowest BCUT2D eigenvalue weighted by Crippen LogP contribution is -2.43. The fraction of sp³-hybridized carbons (Fsp3) is 0.750. The number of carbonyl (C=O) groups is 3. The van der Waals surface area contributed by atoms with Crippen LogP contribution in [0.4, 0.5) is 4.79 Å². The third-order valence-corrected chi connectivity index (χ3v) is 2.40. The smallest absolute Gasteiger partial charge is 0.321 e. The molecule has 0 spiro atoms. The summed E-state index contributed by atoms with van der Waals surface area (Å²) in [7, 11) is 1.55. The number of nitrogens with one attached hydrogen (secondary N) is 2. The molecule has 0 aromatic carbocycles. The predicted octanol–water partition coefficient (Wildman–Crippen LogP) is -0.0239. The van der Waals surface area contributed by atoms with Gasteiger partial charge in [0.25, 0.3) is 0 Å². The summed E-state index contributed by atoms with van der Waals surface area (Å²) in [5.41, 5.74) is -1.21. The number of hydrogen-bond donors (Lipinski definition) is 3. The van der Waals surface area contributed by atoms with Crippen molar-refractivity contribution in [3.8, 4) is 0 Å². The molecule has 8 nitrogen and oxygen atoms in total. The average molecular weight is 290 g/mol. The highest BCUT2D eigenvalue weighted by molar-refractivity contribution is 5.96. The minimum atomic E-state index is -1.21. The van der Waals surface area contributed by atoms with Crippen LogP contribution in [0, 0.1) is 5.41 Å². The third kappa shape index (κ3) is 8.44. The number of urea groups is 1. The summed E-state index contributed by atoms with van der Waals surface area (Å²) in [5.74, 6) is -1.74. The van der Waals surface area contributed by atoms with Gasteiger partial charge in [-0.1, -0.05) is 0 Å². The van der Waals surface area contributed by atoms with E-state index in [0.29, 0.717) is 19.8 Å². The molecule has 0 saturated heterocycles. The molecule has 0 rings (SSSR count). The van der Waals surface area contributed by atoms with Gasteiger partial charge in [-0.05, 0) is 13.8 Å². The predicted molar refractivity (Wildman–Crippen MR) is 70.3 cm³/mol. The van der Waals surface area contributed by atoms with Crippen molar-refractivity contribution >= 4 is 17.9 Å². The fourth-order valence-corrected chi connectivity index (χ4v) is 1.17. The van der Waals surface area contributed by atoms with Crippen LogP contribution in [-0.4, -0.2) is 56.5 Å². The molecule has 0 aliphatic carbocycles. The summed E-state index contributed by atoms with van der Waals surface area (Å²) in [6.45, 7) is 4.25. The van der Waals surface area contributed by atoms with E-state index in [-0.39, 0.29) is 13.0 Å². The second kappa shape index (κ2) is 9.27. The Kier molecular flexibility index (Phi) is 8.49. The van der Waals surface area contributed by atoms with Crippen LogP contribution in [0.5, 0.6) is 0 Å². The number of carboxylic acids is 1. The fourth-order valence-electron chi connectivity index (χ4n) is 1.17. The maximum atomic E-state index is 11.5. The van der Waals surface area contributed by atoms with Crippen molar-refractivity contribution in [1.29, 1.82) is 0 Å². The number of imide groups is 1. The highest BCUT2D eigenvalue weighted by atomic mass is 16.5. The molecule has 8 heteroatoms. The summed E-state index contributed by atoms with van der Waals surface area (Å²) in [6.07, 6.45) is -0.278. The molecule has 0 atom stereocenters. The standard InChI is InChI=1S/C12H22N2O6/c1-12(2,10(16)17)8-9(15)14-11(18)13-4-5-20-7-6-19-3/h4-8H2,1-3H3,(H,16,17)(H2,13,14,15,18). The van der Waals surface area contributed by atoms with Crippen LogP contribution in [0.25, 0.3) is 0 Å². The van der Waals surface area contributed by atoms with Crippen LogP contribution in [0.3, 0.4) is 0 Å². The van der Waals surface area contributed by atoms with E-state index in [1.165, 1.54) is 13.8 Å². The van der Waals surface area contributed by atoms with E-state index in [1.54, 1.807) is 7.11 Å². The summed E-state index contributed by atoms with van der Waals surface area (Å²) >= 11 is 0. The zero-order chi connectivity index (χ0) is 15.6. The van der Waals surface area contributed by atoms with Crippen LogP contribution >= 0.6 is 0 Å². The van der Waals surface area contributed by atoms with E-state index < -0.39 is 23.3 Å². The largest absolute Gasteiger partial charge is 0.481 e. The van der Waals surface area contributed by atoms with E-state index in [9.17, 15) is 14.4 Å². The number of methoxy groups -OCH3 is 1. The van der Waals surface area contributed by atoms with E-state index in [0.717, 1.165) is 0 Å². The lowest BCUT2D eigenvalue weighted by atomic mass is 9.89. The Bertz CT molecular complexity index is 343. The van der Waals surface area contributed by atoms with Crippen LogP contribution in [-0.2, 0) is 19.1 Å². The molecule has 0 aromatic heterocycles. The van der Waals surface area contributed by atoms with Gasteiger partial charge in [0.15, 0.2) is 0 Å². The third-order valence-electron chi connectivity index (χ3n) is 2.40. The maximum absolute atomic E-state index is 11.5. The van der Waals surface area contributed by atoms with Gasteiger partial charge in [-0.3, -0.25) is 14.9 Å². The molecular weight excluding hydrogens is 268 g/mol. The van der Waals surface area contributed by atoms with E-state index in [1.807, 2.05) is 0 Å². The number of hydrogen-bond acceptors (Lipinski definition) is 5. The van der Waals surface area contributed by atoms with Crippen molar-refractivity contribution < 1.29 is 29.0 Å². The summed E-state index contributed by atoms with van der Waals surface area (Å²) < 4.78 is 9.88. The van der Waals surface area contributed by atoms with Crippen molar-refractivity contribution in [2.24, 2.45) is 5.41 Å². The molecule has 0 aromatic rings. The normalized spacial score (nSPS) is 10.9. The van der Waals surface area contributed by atoms with Crippen LogP contribution < -0.4 is 10.6 Å². The number of rotatable bonds is 9. The Morgan fingerprint density at radius 1 is 1.15 bits per heavy atom. The number of aliphatic carboxylic acids is 1. The number of carboxylic acid groups (broad SMARTS) is 1. The molecule has 0 fully saturated rings. The van der Waals surface area contributed by atoms with Gasteiger partial charge in [-0.15, -0.1) is 0 Å². The van der Waals surface area contributed by atoms with Crippen molar-refractivity contribution in [1.82, 2.24) is 10.6 Å². The molecule has 20 heavy (non-hydrogen) atoms. The summed E-state index contributed by atoms with van der Waals surface area (Å²) in [5, 5.41) is 13.3. The monoisotopic (exact) mass is 290 g/mol. The van der Waals surface area contributed by atoms with E-state index in [2.05, 4.69) is 10.6 Å². The first-order chi connectivity index (χ1) is 9.29. The molecule has 0 unspecified atom stereocenters. The number of carbonyl (C=O) groups excluding carboxylic acids is 2. The van der Waals surface area contributed by atoms with Crippen LogP contribution in [0.1, 0.15) is 20.3 Å². The lowest BCUT2D eigenvalue weighted by Gasteiger charge is -2.17. The van der Waals surface area contributed by atoms with Gasteiger partial charge < -0.3 is 19.9 Å². The molecule has 0 radical (unpaired) electrons. The Hall–Kier alpha value is -1.67. The molecule has 0 saturated carbocycles. The first kappa shape index (κ1) is 18.3. The Labute approximate surface area is 117 Å². The minimum Gasteiger partial charge on any atom is -0.481 e. The molecule has 116 valence electrons. The molecule has 3 amide bonds. The number of ether oxygens (including phenoxy) is 2. The molecule has 3 N–H and O–H groups in total. The second-order valence-electron chi connectivity index (χ2n) is 4.78. The molecule has 0 heterocycles. The Morgan fingerprint density at radius 2 is 1.80 bits per heavy atom. The highest BCUT2D eigenvalue weighted by Gasteiger charge is 2.30. The van der Waals surface area contributed by atoms with Gasteiger partial charge in [0, 0.05) is 20.1 Å². The Morgan fingerprint density at radius 3 is 2.35 bits per heavy atom. The highest BCUT2D eigenvalue weighted by Crippen LogP contribution is 2.19.